The molecule has 0 aliphatic heterocycles. The van der Waals surface area contributed by atoms with Crippen LogP contribution in [0.2, 0.25) is 0 Å². The third kappa shape index (κ3) is 3.77. The molecule has 1 aromatic heterocycles. The Morgan fingerprint density at radius 1 is 1.24 bits per heavy atom. The summed E-state index contributed by atoms with van der Waals surface area (Å²) in [7, 11) is 0. The van der Waals surface area contributed by atoms with Crippen molar-refractivity contribution in [2.45, 2.75) is 50.6 Å². The van der Waals surface area contributed by atoms with Gasteiger partial charge in [-0.1, -0.05) is 47.5 Å². The van der Waals surface area contributed by atoms with Crippen LogP contribution in [-0.2, 0) is 0 Å². The molecule has 3 heteroatoms. The molecule has 1 heterocycles. The van der Waals surface area contributed by atoms with E-state index in [1.54, 1.807) is 0 Å². The van der Waals surface area contributed by atoms with Gasteiger partial charge in [0, 0.05) is 21.4 Å². The van der Waals surface area contributed by atoms with E-state index >= 15 is 0 Å². The topological polar surface area (TPSA) is 12.0 Å². The van der Waals surface area contributed by atoms with E-state index in [2.05, 4.69) is 69.9 Å². The fourth-order valence-corrected chi connectivity index (χ4v) is 4.22. The zero-order chi connectivity index (χ0) is 14.7. The van der Waals surface area contributed by atoms with Crippen LogP contribution in [0.1, 0.15) is 55.0 Å². The van der Waals surface area contributed by atoms with Crippen LogP contribution < -0.4 is 5.32 Å². The highest BCUT2D eigenvalue weighted by atomic mass is 79.9. The zero-order valence-corrected chi connectivity index (χ0v) is 14.8. The number of halogens is 1. The van der Waals surface area contributed by atoms with Gasteiger partial charge in [0.1, 0.15) is 0 Å². The average molecular weight is 364 g/mol. The normalized spacial score (nSPS) is 22.8. The predicted octanol–water partition coefficient (Wildman–Crippen LogP) is 5.89. The van der Waals surface area contributed by atoms with Crippen LogP contribution in [0, 0.1) is 0 Å². The molecule has 1 nitrogen and oxygen atoms in total. The van der Waals surface area contributed by atoms with Gasteiger partial charge in [-0.05, 0) is 54.3 Å². The van der Waals surface area contributed by atoms with Crippen LogP contribution in [-0.4, -0.2) is 6.04 Å². The van der Waals surface area contributed by atoms with E-state index < -0.39 is 0 Å². The summed E-state index contributed by atoms with van der Waals surface area (Å²) in [6.45, 7) is 2.27. The maximum absolute atomic E-state index is 3.87. The van der Waals surface area contributed by atoms with Crippen molar-refractivity contribution in [1.29, 1.82) is 0 Å². The molecular formula is C18H22BrNS. The quantitative estimate of drug-likeness (QED) is 0.674. The SMILES string of the molecule is CCCC(NC1CC(c2ccc(Br)cc2)C1)c1cccs1. The highest BCUT2D eigenvalue weighted by Crippen LogP contribution is 2.39. The van der Waals surface area contributed by atoms with E-state index in [1.807, 2.05) is 11.3 Å². The van der Waals surface area contributed by atoms with Gasteiger partial charge in [-0.15, -0.1) is 11.3 Å². The summed E-state index contributed by atoms with van der Waals surface area (Å²) in [6.07, 6.45) is 5.01. The van der Waals surface area contributed by atoms with Crippen molar-refractivity contribution in [2.75, 3.05) is 0 Å². The second-order valence-electron chi connectivity index (χ2n) is 5.94. The van der Waals surface area contributed by atoms with Crippen molar-refractivity contribution >= 4 is 27.3 Å². The van der Waals surface area contributed by atoms with Gasteiger partial charge in [0.2, 0.25) is 0 Å². The summed E-state index contributed by atoms with van der Waals surface area (Å²) >= 11 is 5.39. The van der Waals surface area contributed by atoms with E-state index in [-0.39, 0.29) is 0 Å². The van der Waals surface area contributed by atoms with Gasteiger partial charge in [-0.2, -0.15) is 0 Å². The first-order valence-electron chi connectivity index (χ1n) is 7.81. The van der Waals surface area contributed by atoms with Crippen molar-refractivity contribution in [1.82, 2.24) is 5.32 Å². The summed E-state index contributed by atoms with van der Waals surface area (Å²) in [5, 5.41) is 6.05. The number of rotatable bonds is 6. The third-order valence-electron chi connectivity index (χ3n) is 4.38. The Labute approximate surface area is 139 Å². The lowest BCUT2D eigenvalue weighted by atomic mass is 9.75. The van der Waals surface area contributed by atoms with Crippen LogP contribution in [0.5, 0.6) is 0 Å². The highest BCUT2D eigenvalue weighted by Gasteiger charge is 2.31. The summed E-state index contributed by atoms with van der Waals surface area (Å²) < 4.78 is 1.17. The Morgan fingerprint density at radius 3 is 2.62 bits per heavy atom. The maximum Gasteiger partial charge on any atom is 0.0416 e. The van der Waals surface area contributed by atoms with Crippen molar-refractivity contribution in [3.8, 4) is 0 Å². The van der Waals surface area contributed by atoms with Crippen molar-refractivity contribution in [2.24, 2.45) is 0 Å². The lowest BCUT2D eigenvalue weighted by Crippen LogP contribution is -2.41. The van der Waals surface area contributed by atoms with E-state index in [0.29, 0.717) is 12.1 Å². The lowest BCUT2D eigenvalue weighted by molar-refractivity contribution is 0.261. The van der Waals surface area contributed by atoms with E-state index in [4.69, 9.17) is 0 Å². The fraction of sp³-hybridized carbons (Fsp3) is 0.444. The Balaban J connectivity index is 1.54. The van der Waals surface area contributed by atoms with Gasteiger partial charge in [0.15, 0.2) is 0 Å². The molecule has 1 N–H and O–H groups in total. The van der Waals surface area contributed by atoms with Gasteiger partial charge < -0.3 is 5.32 Å². The van der Waals surface area contributed by atoms with Crippen LogP contribution in [0.25, 0.3) is 0 Å². The van der Waals surface area contributed by atoms with Crippen LogP contribution in [0.4, 0.5) is 0 Å². The molecule has 3 rings (SSSR count). The molecule has 0 amide bonds. The zero-order valence-electron chi connectivity index (χ0n) is 12.4. The molecule has 1 fully saturated rings. The second-order valence-corrected chi connectivity index (χ2v) is 7.84. The standard InChI is InChI=1S/C18H22BrNS/c1-2-4-17(18-5-3-10-21-18)20-16-11-14(12-16)13-6-8-15(19)9-7-13/h3,5-10,14,16-17,20H,2,4,11-12H2,1H3. The molecule has 1 aromatic carbocycles. The molecule has 2 aromatic rings. The molecule has 1 unspecified atom stereocenters. The molecule has 1 aliphatic rings. The molecule has 0 bridgehead atoms. The highest BCUT2D eigenvalue weighted by molar-refractivity contribution is 9.10. The first-order chi connectivity index (χ1) is 10.3. The Kier molecular flexibility index (Phi) is 5.15. The van der Waals surface area contributed by atoms with Crippen LogP contribution in [0.3, 0.4) is 0 Å². The summed E-state index contributed by atoms with van der Waals surface area (Å²) in [5.74, 6) is 0.737. The van der Waals surface area contributed by atoms with Crippen molar-refractivity contribution in [3.63, 3.8) is 0 Å². The smallest absolute Gasteiger partial charge is 0.0416 e. The van der Waals surface area contributed by atoms with Crippen molar-refractivity contribution in [3.05, 3.63) is 56.7 Å². The molecule has 0 saturated heterocycles. The Morgan fingerprint density at radius 2 is 2.00 bits per heavy atom. The van der Waals surface area contributed by atoms with E-state index in [9.17, 15) is 0 Å². The van der Waals surface area contributed by atoms with Gasteiger partial charge >= 0.3 is 0 Å². The summed E-state index contributed by atoms with van der Waals surface area (Å²) in [4.78, 5) is 1.49. The summed E-state index contributed by atoms with van der Waals surface area (Å²) in [5.41, 5.74) is 1.49. The number of benzene rings is 1. The molecule has 1 saturated carbocycles. The number of nitrogens with one attached hydrogen (secondary N) is 1. The van der Waals surface area contributed by atoms with E-state index in [0.717, 1.165) is 5.92 Å². The maximum atomic E-state index is 3.87. The molecule has 1 aliphatic carbocycles. The fourth-order valence-electron chi connectivity index (χ4n) is 3.13. The third-order valence-corrected chi connectivity index (χ3v) is 5.89. The van der Waals surface area contributed by atoms with Gasteiger partial charge in [-0.25, -0.2) is 0 Å². The first-order valence-corrected chi connectivity index (χ1v) is 9.48. The van der Waals surface area contributed by atoms with Gasteiger partial charge in [0.25, 0.3) is 0 Å². The Bertz CT molecular complexity index is 543. The second kappa shape index (κ2) is 7.08. The van der Waals surface area contributed by atoms with E-state index in [1.165, 1.54) is 40.6 Å². The predicted molar refractivity (Wildman–Crippen MR) is 95.0 cm³/mol. The first kappa shape index (κ1) is 15.3. The van der Waals surface area contributed by atoms with Gasteiger partial charge in [0.05, 0.1) is 0 Å². The minimum Gasteiger partial charge on any atom is -0.306 e. The van der Waals surface area contributed by atoms with Crippen LogP contribution in [0.15, 0.2) is 46.3 Å². The largest absolute Gasteiger partial charge is 0.306 e. The number of hydrogen-bond acceptors (Lipinski definition) is 2. The molecule has 1 atom stereocenters. The molecule has 0 radical (unpaired) electrons. The number of thiophene rings is 1. The van der Waals surface area contributed by atoms with Crippen LogP contribution >= 0.6 is 27.3 Å². The average Bonchev–Trinajstić information content (AvgIpc) is 2.96. The monoisotopic (exact) mass is 363 g/mol. The molecule has 0 spiro atoms. The minimum atomic E-state index is 0.547. The lowest BCUT2D eigenvalue weighted by Gasteiger charge is -2.38. The van der Waals surface area contributed by atoms with Crippen molar-refractivity contribution < 1.29 is 0 Å². The molecule has 112 valence electrons. The molecular weight excluding hydrogens is 342 g/mol. The minimum absolute atomic E-state index is 0.547. The summed E-state index contributed by atoms with van der Waals surface area (Å²) in [6, 6.07) is 14.5. The number of hydrogen-bond donors (Lipinski definition) is 1. The van der Waals surface area contributed by atoms with Gasteiger partial charge in [-0.3, -0.25) is 0 Å². The Hall–Kier alpha value is -0.640. The molecule has 21 heavy (non-hydrogen) atoms.